The first-order valence-electron chi connectivity index (χ1n) is 19.6. The van der Waals surface area contributed by atoms with Gasteiger partial charge in [-0.25, -0.2) is 4.79 Å². The topological polar surface area (TPSA) is 229 Å². The zero-order valence-corrected chi connectivity index (χ0v) is 33.9. The third kappa shape index (κ3) is 17.9. The number of carbonyl (C=O) groups excluding carboxylic acids is 3. The van der Waals surface area contributed by atoms with Crippen LogP contribution in [0.15, 0.2) is 60.7 Å². The van der Waals surface area contributed by atoms with Crippen molar-refractivity contribution in [1.29, 1.82) is 0 Å². The SMILES string of the molecule is CC(C)C[C@@H](NC(=O)[C@@H](Cc1ccccc1)NC(=O)CNCC(C)(C)c1ccccc1)C(=O)N[C@H](CCCCN)CN1CCC(N)(C(=O)O)CC1.O=C(O)C(F)(F)F. The number of likely N-dealkylation sites (tertiary alicyclic amines) is 1. The summed E-state index contributed by atoms with van der Waals surface area (Å²) >= 11 is 0. The van der Waals surface area contributed by atoms with E-state index in [1.807, 2.05) is 62.4 Å². The monoisotopic (exact) mass is 821 g/mol. The summed E-state index contributed by atoms with van der Waals surface area (Å²) in [5, 5.41) is 29.0. The average molecular weight is 822 g/mol. The first kappa shape index (κ1) is 49.6. The van der Waals surface area contributed by atoms with E-state index < -0.39 is 41.6 Å². The van der Waals surface area contributed by atoms with Gasteiger partial charge in [0, 0.05) is 44.1 Å². The van der Waals surface area contributed by atoms with Crippen LogP contribution in [0.25, 0.3) is 0 Å². The molecule has 0 saturated carbocycles. The van der Waals surface area contributed by atoms with Gasteiger partial charge in [0.15, 0.2) is 0 Å². The van der Waals surface area contributed by atoms with E-state index in [0.717, 1.165) is 24.0 Å². The Morgan fingerprint density at radius 1 is 0.845 bits per heavy atom. The summed E-state index contributed by atoms with van der Waals surface area (Å²) in [5.74, 6) is -4.68. The predicted octanol–water partition coefficient (Wildman–Crippen LogP) is 2.94. The summed E-state index contributed by atoms with van der Waals surface area (Å²) in [6, 6.07) is 17.6. The molecule has 17 heteroatoms. The number of benzene rings is 2. The number of carboxylic acids is 2. The maximum atomic E-state index is 13.9. The Bertz CT molecular complexity index is 1590. The number of carboxylic acid groups (broad SMARTS) is 2. The van der Waals surface area contributed by atoms with E-state index in [2.05, 4.69) is 52.1 Å². The lowest BCUT2D eigenvalue weighted by molar-refractivity contribution is -0.192. The van der Waals surface area contributed by atoms with Crippen LogP contribution in [0.1, 0.15) is 77.3 Å². The Labute approximate surface area is 339 Å². The highest BCUT2D eigenvalue weighted by molar-refractivity contribution is 5.92. The maximum Gasteiger partial charge on any atom is 0.490 e. The number of halogens is 3. The van der Waals surface area contributed by atoms with Crippen molar-refractivity contribution in [1.82, 2.24) is 26.2 Å². The molecular formula is C41H62F3N7O7. The van der Waals surface area contributed by atoms with Gasteiger partial charge in [-0.05, 0) is 55.7 Å². The van der Waals surface area contributed by atoms with Gasteiger partial charge >= 0.3 is 18.1 Å². The number of unbranched alkanes of at least 4 members (excludes halogenated alkanes) is 1. The summed E-state index contributed by atoms with van der Waals surface area (Å²) in [4.78, 5) is 63.7. The Morgan fingerprint density at radius 3 is 1.91 bits per heavy atom. The second kappa shape index (κ2) is 23.7. The lowest BCUT2D eigenvalue weighted by Gasteiger charge is -2.38. The first-order chi connectivity index (χ1) is 27.2. The van der Waals surface area contributed by atoms with Gasteiger partial charge < -0.3 is 47.8 Å². The summed E-state index contributed by atoms with van der Waals surface area (Å²) < 4.78 is 31.7. The molecule has 1 saturated heterocycles. The van der Waals surface area contributed by atoms with E-state index >= 15 is 0 Å². The van der Waals surface area contributed by atoms with Gasteiger partial charge in [0.2, 0.25) is 17.7 Å². The molecule has 0 radical (unpaired) electrons. The lowest BCUT2D eigenvalue weighted by atomic mass is 9.84. The van der Waals surface area contributed by atoms with Crippen molar-refractivity contribution >= 4 is 29.7 Å². The van der Waals surface area contributed by atoms with E-state index in [0.29, 0.717) is 58.4 Å². The van der Waals surface area contributed by atoms with Gasteiger partial charge in [0.05, 0.1) is 6.54 Å². The van der Waals surface area contributed by atoms with Crippen LogP contribution in [0.3, 0.4) is 0 Å². The summed E-state index contributed by atoms with van der Waals surface area (Å²) in [7, 11) is 0. The van der Waals surface area contributed by atoms with Crippen molar-refractivity contribution in [3.8, 4) is 0 Å². The second-order valence-electron chi connectivity index (χ2n) is 15.9. The van der Waals surface area contributed by atoms with Crippen molar-refractivity contribution in [2.75, 3.05) is 39.3 Å². The number of alkyl halides is 3. The first-order valence-corrected chi connectivity index (χ1v) is 19.6. The fourth-order valence-electron chi connectivity index (χ4n) is 6.47. The van der Waals surface area contributed by atoms with E-state index in [4.69, 9.17) is 21.4 Å². The maximum absolute atomic E-state index is 13.9. The van der Waals surface area contributed by atoms with Gasteiger partial charge in [-0.3, -0.25) is 19.2 Å². The number of piperidine rings is 1. The highest BCUT2D eigenvalue weighted by atomic mass is 19.4. The molecule has 0 bridgehead atoms. The normalized spacial score (nSPS) is 15.9. The molecule has 3 rings (SSSR count). The summed E-state index contributed by atoms with van der Waals surface area (Å²) in [6.07, 6.45) is -1.45. The van der Waals surface area contributed by atoms with Crippen LogP contribution >= 0.6 is 0 Å². The number of hydrogen-bond acceptors (Lipinski definition) is 9. The minimum Gasteiger partial charge on any atom is -0.480 e. The fraction of sp³-hybridized carbons (Fsp3) is 0.585. The molecule has 0 spiro atoms. The smallest absolute Gasteiger partial charge is 0.480 e. The molecule has 1 fully saturated rings. The molecule has 0 aliphatic carbocycles. The van der Waals surface area contributed by atoms with Gasteiger partial charge in [-0.2, -0.15) is 13.2 Å². The molecule has 1 aliphatic heterocycles. The molecule has 324 valence electrons. The zero-order valence-electron chi connectivity index (χ0n) is 33.9. The lowest BCUT2D eigenvalue weighted by Crippen LogP contribution is -2.59. The number of carbonyl (C=O) groups is 5. The molecule has 0 unspecified atom stereocenters. The van der Waals surface area contributed by atoms with Gasteiger partial charge in [-0.1, -0.05) is 94.8 Å². The molecule has 3 amide bonds. The van der Waals surface area contributed by atoms with Crippen LogP contribution in [0.4, 0.5) is 13.2 Å². The Kier molecular flexibility index (Phi) is 20.3. The quantitative estimate of drug-likeness (QED) is 0.0854. The van der Waals surface area contributed by atoms with E-state index in [9.17, 15) is 37.5 Å². The number of nitrogens with two attached hydrogens (primary N) is 2. The predicted molar refractivity (Wildman–Crippen MR) is 215 cm³/mol. The van der Waals surface area contributed by atoms with Gasteiger partial charge in [-0.15, -0.1) is 0 Å². The summed E-state index contributed by atoms with van der Waals surface area (Å²) in [5.41, 5.74) is 12.4. The molecule has 3 atom stereocenters. The molecule has 14 nitrogen and oxygen atoms in total. The number of amides is 3. The minimum absolute atomic E-state index is 0.0312. The average Bonchev–Trinajstić information content (AvgIpc) is 3.15. The van der Waals surface area contributed by atoms with Crippen LogP contribution in [-0.4, -0.2) is 114 Å². The standard InChI is InChI=1S/C39H61N7O5.C2HF3O2/c1-28(2)23-32(35(48)43-31(17-11-12-20-40)26-46-21-18-39(41,19-22-46)37(50)51)45-36(49)33(24-29-13-7-5-8-14-29)44-34(47)25-42-27-38(3,4)30-15-9-6-10-16-30;3-2(4,5)1(6)7/h5-10,13-16,28,31-33,42H,11-12,17-27,40-41H2,1-4H3,(H,43,48)(H,44,47)(H,45,49)(H,50,51);(H,6,7)/t31-,32-,33-;/m1./s1. The molecule has 0 aromatic heterocycles. The van der Waals surface area contributed by atoms with Crippen LogP contribution in [0.5, 0.6) is 0 Å². The molecule has 58 heavy (non-hydrogen) atoms. The molecule has 1 aliphatic rings. The summed E-state index contributed by atoms with van der Waals surface area (Å²) in [6.45, 7) is 10.9. The Balaban J connectivity index is 0.00000151. The van der Waals surface area contributed by atoms with Crippen LogP contribution in [0, 0.1) is 5.92 Å². The van der Waals surface area contributed by atoms with Crippen molar-refractivity contribution in [2.24, 2.45) is 17.4 Å². The van der Waals surface area contributed by atoms with Gasteiger partial charge in [0.1, 0.15) is 17.6 Å². The highest BCUT2D eigenvalue weighted by Gasteiger charge is 2.39. The van der Waals surface area contributed by atoms with Crippen molar-refractivity contribution < 1.29 is 47.4 Å². The minimum atomic E-state index is -5.08. The number of nitrogens with one attached hydrogen (secondary N) is 4. The van der Waals surface area contributed by atoms with Crippen molar-refractivity contribution in [2.45, 2.75) is 108 Å². The van der Waals surface area contributed by atoms with Crippen molar-refractivity contribution in [3.63, 3.8) is 0 Å². The Morgan fingerprint density at radius 2 is 1.40 bits per heavy atom. The van der Waals surface area contributed by atoms with Gasteiger partial charge in [0.25, 0.3) is 0 Å². The molecule has 10 N–H and O–H groups in total. The number of aliphatic carboxylic acids is 2. The molecule has 1 heterocycles. The third-order valence-corrected chi connectivity index (χ3v) is 9.93. The number of hydrogen-bond donors (Lipinski definition) is 8. The molecular weight excluding hydrogens is 759 g/mol. The van der Waals surface area contributed by atoms with Crippen LogP contribution in [0.2, 0.25) is 0 Å². The van der Waals surface area contributed by atoms with E-state index in [1.54, 1.807) is 0 Å². The zero-order chi connectivity index (χ0) is 43.5. The molecule has 2 aromatic rings. The second-order valence-corrected chi connectivity index (χ2v) is 15.9. The highest BCUT2D eigenvalue weighted by Crippen LogP contribution is 2.22. The van der Waals surface area contributed by atoms with Crippen LogP contribution in [-0.2, 0) is 35.8 Å². The largest absolute Gasteiger partial charge is 0.490 e. The number of nitrogens with zero attached hydrogens (tertiary/aromatic N) is 1. The third-order valence-electron chi connectivity index (χ3n) is 9.93. The Hall–Kier alpha value is -4.58. The van der Waals surface area contributed by atoms with E-state index in [1.165, 1.54) is 0 Å². The number of rotatable bonds is 21. The fourth-order valence-corrected chi connectivity index (χ4v) is 6.47. The van der Waals surface area contributed by atoms with Crippen LogP contribution < -0.4 is 32.7 Å². The van der Waals surface area contributed by atoms with E-state index in [-0.39, 0.29) is 42.2 Å². The van der Waals surface area contributed by atoms with Crippen molar-refractivity contribution in [3.05, 3.63) is 71.8 Å². The molecule has 2 aromatic carbocycles.